The molecule has 1 heterocycles. The predicted octanol–water partition coefficient (Wildman–Crippen LogP) is 0.563. The highest BCUT2D eigenvalue weighted by atomic mass is 32.2. The fraction of sp³-hybridized carbons (Fsp3) is 0.571. The molecule has 0 fully saturated rings. The zero-order valence-corrected chi connectivity index (χ0v) is 8.39. The van der Waals surface area contributed by atoms with Crippen molar-refractivity contribution in [3.05, 3.63) is 11.8 Å². The first-order valence-corrected chi connectivity index (χ1v) is 5.39. The Hall–Kier alpha value is -1.04. The number of nitrogens with zero attached hydrogens (tertiary/aromatic N) is 1. The second kappa shape index (κ2) is 3.78. The van der Waals surface area contributed by atoms with Crippen molar-refractivity contribution in [1.29, 1.82) is 0 Å². The van der Waals surface area contributed by atoms with Gasteiger partial charge in [-0.25, -0.2) is 4.72 Å². The number of amidine groups is 1. The molecular weight excluding hydrogens is 192 g/mol. The van der Waals surface area contributed by atoms with Crippen LogP contribution in [0.15, 0.2) is 16.8 Å². The number of hydrogen-bond donors (Lipinski definition) is 1. The van der Waals surface area contributed by atoms with E-state index in [-0.39, 0.29) is 0 Å². The van der Waals surface area contributed by atoms with Gasteiger partial charge in [-0.2, -0.15) is 8.42 Å². The lowest BCUT2D eigenvalue weighted by Crippen LogP contribution is -2.34. The van der Waals surface area contributed by atoms with Gasteiger partial charge < -0.3 is 4.18 Å². The van der Waals surface area contributed by atoms with E-state index in [1.807, 2.05) is 6.92 Å². The maximum absolute atomic E-state index is 11.0. The van der Waals surface area contributed by atoms with Gasteiger partial charge in [0.25, 0.3) is 0 Å². The lowest BCUT2D eigenvalue weighted by atomic mass is 10.4. The molecule has 1 N–H and O–H groups in total. The van der Waals surface area contributed by atoms with Crippen LogP contribution in [0.3, 0.4) is 0 Å². The van der Waals surface area contributed by atoms with Crippen molar-refractivity contribution in [3.8, 4) is 0 Å². The third kappa shape index (κ3) is 3.06. The first-order valence-electron chi connectivity index (χ1n) is 3.98. The van der Waals surface area contributed by atoms with E-state index in [0.29, 0.717) is 18.1 Å². The first-order chi connectivity index (χ1) is 6.03. The molecule has 13 heavy (non-hydrogen) atoms. The molecular formula is C7H12N2O3S. The van der Waals surface area contributed by atoms with E-state index in [1.165, 1.54) is 0 Å². The number of allylic oxidation sites excluding steroid dienone is 1. The molecule has 0 aromatic heterocycles. The third-order valence-electron chi connectivity index (χ3n) is 1.32. The maximum Gasteiger partial charge on any atom is 0.408 e. The van der Waals surface area contributed by atoms with Gasteiger partial charge >= 0.3 is 10.3 Å². The Morgan fingerprint density at radius 3 is 2.85 bits per heavy atom. The molecule has 0 bridgehead atoms. The van der Waals surface area contributed by atoms with E-state index in [2.05, 4.69) is 13.9 Å². The monoisotopic (exact) mass is 204 g/mol. The van der Waals surface area contributed by atoms with E-state index < -0.39 is 10.3 Å². The molecule has 1 aliphatic heterocycles. The Balaban J connectivity index is 2.84. The highest BCUT2D eigenvalue weighted by Gasteiger charge is 2.19. The summed E-state index contributed by atoms with van der Waals surface area (Å²) in [6, 6.07) is 0. The normalized spacial score (nSPS) is 23.2. The minimum absolute atomic E-state index is 0.327. The van der Waals surface area contributed by atoms with Crippen LogP contribution in [0.5, 0.6) is 0 Å². The molecule has 0 spiro atoms. The van der Waals surface area contributed by atoms with Crippen LogP contribution in [0.25, 0.3) is 0 Å². The zero-order chi connectivity index (χ0) is 9.90. The van der Waals surface area contributed by atoms with Gasteiger partial charge in [-0.1, -0.05) is 6.92 Å². The molecule has 0 amide bonds. The maximum atomic E-state index is 11.0. The first kappa shape index (κ1) is 10.0. The summed E-state index contributed by atoms with van der Waals surface area (Å²) in [5.74, 6) is 0.666. The molecule has 0 aromatic rings. The molecule has 5 nitrogen and oxygen atoms in total. The van der Waals surface area contributed by atoms with E-state index in [4.69, 9.17) is 0 Å². The van der Waals surface area contributed by atoms with Gasteiger partial charge in [-0.3, -0.25) is 4.99 Å². The quantitative estimate of drug-likeness (QED) is 0.714. The highest BCUT2D eigenvalue weighted by Crippen LogP contribution is 2.07. The van der Waals surface area contributed by atoms with Crippen molar-refractivity contribution in [2.24, 2.45) is 4.99 Å². The summed E-state index contributed by atoms with van der Waals surface area (Å²) >= 11 is 0. The van der Waals surface area contributed by atoms with Gasteiger partial charge in [0, 0.05) is 12.6 Å². The number of rotatable bonds is 2. The Morgan fingerprint density at radius 2 is 2.31 bits per heavy atom. The van der Waals surface area contributed by atoms with E-state index in [0.717, 1.165) is 6.42 Å². The van der Waals surface area contributed by atoms with Gasteiger partial charge in [0.1, 0.15) is 11.6 Å². The van der Waals surface area contributed by atoms with Crippen LogP contribution in [0.2, 0.25) is 0 Å². The molecule has 0 aromatic carbocycles. The lowest BCUT2D eigenvalue weighted by Gasteiger charge is -2.14. The number of aliphatic imine (C=N–C) groups is 1. The van der Waals surface area contributed by atoms with Crippen LogP contribution < -0.4 is 4.72 Å². The summed E-state index contributed by atoms with van der Waals surface area (Å²) in [7, 11) is -3.66. The fourth-order valence-corrected chi connectivity index (χ4v) is 1.69. The van der Waals surface area contributed by atoms with E-state index >= 15 is 0 Å². The number of hydrogen-bond acceptors (Lipinski definition) is 4. The van der Waals surface area contributed by atoms with Gasteiger partial charge in [0.2, 0.25) is 0 Å². The zero-order valence-electron chi connectivity index (χ0n) is 7.57. The van der Waals surface area contributed by atoms with Crippen LogP contribution in [0.1, 0.15) is 20.3 Å². The van der Waals surface area contributed by atoms with Crippen molar-refractivity contribution in [3.63, 3.8) is 0 Å². The molecule has 0 saturated heterocycles. The average molecular weight is 204 g/mol. The molecule has 1 aliphatic rings. The summed E-state index contributed by atoms with van der Waals surface area (Å²) in [6.45, 7) is 4.13. The van der Waals surface area contributed by atoms with Crippen LogP contribution in [-0.2, 0) is 14.5 Å². The van der Waals surface area contributed by atoms with Gasteiger partial charge in [-0.15, -0.1) is 0 Å². The summed E-state index contributed by atoms with van der Waals surface area (Å²) < 4.78 is 28.7. The van der Waals surface area contributed by atoms with Crippen molar-refractivity contribution in [2.45, 2.75) is 20.3 Å². The van der Waals surface area contributed by atoms with E-state index in [1.54, 1.807) is 13.0 Å². The minimum Gasteiger partial charge on any atom is -0.372 e. The lowest BCUT2D eigenvalue weighted by molar-refractivity contribution is 0.400. The van der Waals surface area contributed by atoms with Gasteiger partial charge in [0.15, 0.2) is 0 Å². The Bertz CT molecular complexity index is 343. The summed E-state index contributed by atoms with van der Waals surface area (Å²) in [6.07, 6.45) is 2.43. The van der Waals surface area contributed by atoms with Crippen molar-refractivity contribution in [2.75, 3.05) is 6.54 Å². The predicted molar refractivity (Wildman–Crippen MR) is 49.5 cm³/mol. The molecule has 6 heteroatoms. The second-order valence-corrected chi connectivity index (χ2v) is 3.94. The van der Waals surface area contributed by atoms with E-state index in [9.17, 15) is 8.42 Å². The minimum atomic E-state index is -3.66. The topological polar surface area (TPSA) is 67.8 Å². The van der Waals surface area contributed by atoms with Crippen molar-refractivity contribution >= 4 is 16.1 Å². The largest absolute Gasteiger partial charge is 0.408 e. The Labute approximate surface area is 77.8 Å². The van der Waals surface area contributed by atoms with Crippen LogP contribution in [0.4, 0.5) is 0 Å². The van der Waals surface area contributed by atoms with Crippen molar-refractivity contribution in [1.82, 2.24) is 4.72 Å². The fourth-order valence-electron chi connectivity index (χ4n) is 0.878. The third-order valence-corrected chi connectivity index (χ3v) is 2.26. The molecule has 0 saturated carbocycles. The number of nitrogens with one attached hydrogen (secondary N) is 1. The van der Waals surface area contributed by atoms with Crippen molar-refractivity contribution < 1.29 is 12.6 Å². The molecule has 74 valence electrons. The molecule has 0 radical (unpaired) electrons. The second-order valence-electron chi connectivity index (χ2n) is 2.66. The molecule has 1 rings (SSSR count). The Morgan fingerprint density at radius 1 is 1.62 bits per heavy atom. The highest BCUT2D eigenvalue weighted by molar-refractivity contribution is 7.85. The summed E-state index contributed by atoms with van der Waals surface area (Å²) in [5, 5.41) is 0. The van der Waals surface area contributed by atoms with Crippen LogP contribution in [0, 0.1) is 0 Å². The van der Waals surface area contributed by atoms with Gasteiger partial charge in [0.05, 0.1) is 0 Å². The molecule has 0 aliphatic carbocycles. The SMILES string of the molecule is CCCN=C1C=C(C)OS(=O)(=O)N1. The Kier molecular flexibility index (Phi) is 2.92. The summed E-state index contributed by atoms with van der Waals surface area (Å²) in [4.78, 5) is 4.02. The standard InChI is InChI=1S/C7H12N2O3S/c1-3-4-8-7-5-6(2)12-13(10,11)9-7/h5H,3-4H2,1-2H3,(H,8,9). The average Bonchev–Trinajstić information content (AvgIpc) is 1.97. The van der Waals surface area contributed by atoms with Crippen LogP contribution in [-0.4, -0.2) is 20.8 Å². The van der Waals surface area contributed by atoms with Crippen LogP contribution >= 0.6 is 0 Å². The molecule has 0 unspecified atom stereocenters. The smallest absolute Gasteiger partial charge is 0.372 e. The summed E-state index contributed by atoms with van der Waals surface area (Å²) in [5.41, 5.74) is 0. The van der Waals surface area contributed by atoms with Gasteiger partial charge in [-0.05, 0) is 13.3 Å². The molecule has 0 atom stereocenters.